The molecule has 1 rings (SSSR count). The van der Waals surface area contributed by atoms with E-state index in [2.05, 4.69) is 16.0 Å². The molecule has 0 aliphatic rings. The number of carbonyl (C=O) groups excluding carboxylic acids is 4. The summed E-state index contributed by atoms with van der Waals surface area (Å²) in [5.41, 5.74) is 11.5. The van der Waals surface area contributed by atoms with Crippen molar-refractivity contribution in [2.75, 3.05) is 0 Å². The van der Waals surface area contributed by atoms with E-state index in [1.807, 2.05) is 0 Å². The lowest BCUT2D eigenvalue weighted by atomic mass is 9.99. The molecule has 0 aliphatic heterocycles. The van der Waals surface area contributed by atoms with Crippen molar-refractivity contribution in [3.05, 3.63) is 29.8 Å². The number of hydrogen-bond acceptors (Lipinski definition) is 7. The van der Waals surface area contributed by atoms with Gasteiger partial charge in [-0.15, -0.1) is 0 Å². The van der Waals surface area contributed by atoms with Gasteiger partial charge in [-0.3, -0.25) is 19.2 Å². The topological polar surface area (TPSA) is 214 Å². The molecular formula is C24H37N5O7. The van der Waals surface area contributed by atoms with Gasteiger partial charge in [-0.2, -0.15) is 0 Å². The number of rotatable bonds is 14. The number of aromatic hydroxyl groups is 1. The predicted molar refractivity (Wildman–Crippen MR) is 131 cm³/mol. The van der Waals surface area contributed by atoms with E-state index in [4.69, 9.17) is 11.5 Å². The molecule has 1 aromatic rings. The monoisotopic (exact) mass is 507 g/mol. The molecule has 0 radical (unpaired) electrons. The first kappa shape index (κ1) is 30.4. The Bertz CT molecular complexity index is 933. The van der Waals surface area contributed by atoms with Crippen LogP contribution in [0.15, 0.2) is 24.3 Å². The zero-order chi connectivity index (χ0) is 27.6. The van der Waals surface area contributed by atoms with Crippen molar-refractivity contribution < 1.29 is 34.2 Å². The van der Waals surface area contributed by atoms with E-state index in [0.29, 0.717) is 5.56 Å². The van der Waals surface area contributed by atoms with Crippen LogP contribution >= 0.6 is 0 Å². The maximum Gasteiger partial charge on any atom is 0.326 e. The molecule has 0 saturated heterocycles. The molecule has 0 fully saturated rings. The lowest BCUT2D eigenvalue weighted by molar-refractivity contribution is -0.143. The van der Waals surface area contributed by atoms with Gasteiger partial charge in [-0.25, -0.2) is 4.79 Å². The minimum Gasteiger partial charge on any atom is -0.508 e. The summed E-state index contributed by atoms with van der Waals surface area (Å²) in [7, 11) is 0. The number of nitrogens with two attached hydrogens (primary N) is 2. The van der Waals surface area contributed by atoms with E-state index in [-0.39, 0.29) is 25.0 Å². The fourth-order valence-electron chi connectivity index (χ4n) is 3.33. The summed E-state index contributed by atoms with van der Waals surface area (Å²) in [5.74, 6) is -4.66. The third-order valence-electron chi connectivity index (χ3n) is 5.53. The first-order valence-corrected chi connectivity index (χ1v) is 11.7. The minimum absolute atomic E-state index is 0.000819. The van der Waals surface area contributed by atoms with Gasteiger partial charge in [-0.05, 0) is 36.0 Å². The van der Waals surface area contributed by atoms with Crippen LogP contribution in [0.4, 0.5) is 0 Å². The highest BCUT2D eigenvalue weighted by atomic mass is 16.4. The standard InChI is InChI=1S/C24H37N5O7/c1-12(2)19(28-21(32)16(25)9-10-18(26)31)23(34)27-17(11-14-5-7-15(30)8-6-14)22(33)29-20(13(3)4)24(35)36/h5-8,12-13,16-17,19-20,30H,9-11,25H2,1-4H3,(H2,26,31)(H,27,34)(H,28,32)(H,29,33)(H,35,36). The van der Waals surface area contributed by atoms with E-state index in [9.17, 15) is 34.2 Å². The van der Waals surface area contributed by atoms with Crippen LogP contribution in [0.25, 0.3) is 0 Å². The van der Waals surface area contributed by atoms with Crippen LogP contribution in [0.5, 0.6) is 5.75 Å². The number of nitrogens with one attached hydrogen (secondary N) is 3. The van der Waals surface area contributed by atoms with E-state index in [1.165, 1.54) is 12.1 Å². The highest BCUT2D eigenvalue weighted by Gasteiger charge is 2.32. The molecule has 0 bridgehead atoms. The number of hydrogen-bond donors (Lipinski definition) is 7. The van der Waals surface area contributed by atoms with E-state index in [0.717, 1.165) is 0 Å². The Morgan fingerprint density at radius 1 is 0.833 bits per heavy atom. The second-order valence-electron chi connectivity index (χ2n) is 9.34. The lowest BCUT2D eigenvalue weighted by Gasteiger charge is -2.27. The summed E-state index contributed by atoms with van der Waals surface area (Å²) in [4.78, 5) is 61.2. The third-order valence-corrected chi connectivity index (χ3v) is 5.53. The smallest absolute Gasteiger partial charge is 0.326 e. The van der Waals surface area contributed by atoms with Gasteiger partial charge in [0.05, 0.1) is 6.04 Å². The molecule has 200 valence electrons. The maximum absolute atomic E-state index is 13.1. The van der Waals surface area contributed by atoms with Crippen LogP contribution < -0.4 is 27.4 Å². The fraction of sp³-hybridized carbons (Fsp3) is 0.542. The van der Waals surface area contributed by atoms with Gasteiger partial charge < -0.3 is 37.6 Å². The highest BCUT2D eigenvalue weighted by molar-refractivity contribution is 5.94. The Morgan fingerprint density at radius 3 is 1.83 bits per heavy atom. The van der Waals surface area contributed by atoms with Gasteiger partial charge in [0.1, 0.15) is 23.9 Å². The van der Waals surface area contributed by atoms with Crippen molar-refractivity contribution in [1.82, 2.24) is 16.0 Å². The van der Waals surface area contributed by atoms with Crippen molar-refractivity contribution in [3.63, 3.8) is 0 Å². The first-order chi connectivity index (χ1) is 16.7. The molecule has 0 spiro atoms. The van der Waals surface area contributed by atoms with Crippen LogP contribution in [0, 0.1) is 11.8 Å². The fourth-order valence-corrected chi connectivity index (χ4v) is 3.33. The summed E-state index contributed by atoms with van der Waals surface area (Å²) in [5, 5.41) is 26.6. The highest BCUT2D eigenvalue weighted by Crippen LogP contribution is 2.13. The molecule has 4 amide bonds. The van der Waals surface area contributed by atoms with Crippen LogP contribution in [-0.2, 0) is 30.4 Å². The Hall–Kier alpha value is -3.67. The number of aliphatic carboxylic acids is 1. The van der Waals surface area contributed by atoms with Gasteiger partial charge in [0, 0.05) is 12.8 Å². The molecule has 1 aromatic carbocycles. The minimum atomic E-state index is -1.22. The van der Waals surface area contributed by atoms with Gasteiger partial charge in [0.25, 0.3) is 0 Å². The number of phenols is 1. The lowest BCUT2D eigenvalue weighted by Crippen LogP contribution is -2.59. The molecular weight excluding hydrogens is 470 g/mol. The second kappa shape index (κ2) is 14.0. The quantitative estimate of drug-likeness (QED) is 0.172. The summed E-state index contributed by atoms with van der Waals surface area (Å²) < 4.78 is 0. The third kappa shape index (κ3) is 9.90. The van der Waals surface area contributed by atoms with Crippen molar-refractivity contribution in [2.24, 2.45) is 23.3 Å². The summed E-state index contributed by atoms with van der Waals surface area (Å²) in [6.45, 7) is 6.65. The molecule has 12 nitrogen and oxygen atoms in total. The number of carbonyl (C=O) groups is 5. The Balaban J connectivity index is 3.10. The Kier molecular flexibility index (Phi) is 11.8. The first-order valence-electron chi connectivity index (χ1n) is 11.7. The molecule has 36 heavy (non-hydrogen) atoms. The maximum atomic E-state index is 13.1. The molecule has 0 aliphatic carbocycles. The summed E-state index contributed by atoms with van der Waals surface area (Å²) in [6, 6.07) is 1.49. The van der Waals surface area contributed by atoms with E-state index < -0.39 is 65.6 Å². The molecule has 4 unspecified atom stereocenters. The van der Waals surface area contributed by atoms with Crippen LogP contribution in [-0.4, -0.2) is 64.0 Å². The van der Waals surface area contributed by atoms with Crippen LogP contribution in [0.3, 0.4) is 0 Å². The molecule has 0 saturated carbocycles. The molecule has 9 N–H and O–H groups in total. The summed E-state index contributed by atoms with van der Waals surface area (Å²) in [6.07, 6.45) is -0.0902. The van der Waals surface area contributed by atoms with Gasteiger partial charge in [0.2, 0.25) is 23.6 Å². The van der Waals surface area contributed by atoms with Gasteiger partial charge >= 0.3 is 5.97 Å². The Labute approximate surface area is 210 Å². The number of primary amides is 1. The van der Waals surface area contributed by atoms with Crippen molar-refractivity contribution in [3.8, 4) is 5.75 Å². The predicted octanol–water partition coefficient (Wildman–Crippen LogP) is -0.621. The SMILES string of the molecule is CC(C)C(NC(=O)C(Cc1ccc(O)cc1)NC(=O)C(NC(=O)C(N)CCC(N)=O)C(C)C)C(=O)O. The van der Waals surface area contributed by atoms with E-state index >= 15 is 0 Å². The molecule has 12 heteroatoms. The normalized spacial score (nSPS) is 14.4. The average Bonchev–Trinajstić information content (AvgIpc) is 2.79. The zero-order valence-corrected chi connectivity index (χ0v) is 21.0. The second-order valence-corrected chi connectivity index (χ2v) is 9.34. The number of amides is 4. The van der Waals surface area contributed by atoms with Crippen molar-refractivity contribution >= 4 is 29.6 Å². The zero-order valence-electron chi connectivity index (χ0n) is 21.0. The van der Waals surface area contributed by atoms with E-state index in [1.54, 1.807) is 39.8 Å². The average molecular weight is 508 g/mol. The number of benzene rings is 1. The van der Waals surface area contributed by atoms with Crippen molar-refractivity contribution in [1.29, 1.82) is 0 Å². The van der Waals surface area contributed by atoms with Gasteiger partial charge in [0.15, 0.2) is 0 Å². The molecule has 4 atom stereocenters. The number of carboxylic acid groups (broad SMARTS) is 1. The van der Waals surface area contributed by atoms with Crippen LogP contribution in [0.2, 0.25) is 0 Å². The number of carboxylic acids is 1. The van der Waals surface area contributed by atoms with Crippen LogP contribution in [0.1, 0.15) is 46.1 Å². The largest absolute Gasteiger partial charge is 0.508 e. The molecule has 0 heterocycles. The van der Waals surface area contributed by atoms with Crippen molar-refractivity contribution in [2.45, 2.75) is 71.1 Å². The van der Waals surface area contributed by atoms with Gasteiger partial charge in [-0.1, -0.05) is 39.8 Å². The Morgan fingerprint density at radius 2 is 1.36 bits per heavy atom. The molecule has 0 aromatic heterocycles. The summed E-state index contributed by atoms with van der Waals surface area (Å²) >= 11 is 0. The number of phenolic OH excluding ortho intramolecular Hbond substituents is 1.